The number of carboxylic acid groups (broad SMARTS) is 1. The highest BCUT2D eigenvalue weighted by Crippen LogP contribution is 2.30. The average molecular weight is 270 g/mol. The first-order chi connectivity index (χ1) is 8.49. The first-order valence-corrected chi connectivity index (χ1v) is 6.64. The lowest BCUT2D eigenvalue weighted by molar-refractivity contribution is -0.138. The SMILES string of the molecule is CCC(CC)c1ccc(CC(N)C(=O)O)cc1Cl. The lowest BCUT2D eigenvalue weighted by Crippen LogP contribution is -2.32. The second-order valence-electron chi connectivity index (χ2n) is 4.52. The fourth-order valence-electron chi connectivity index (χ4n) is 2.10. The number of hydrogen-bond acceptors (Lipinski definition) is 2. The van der Waals surface area contributed by atoms with Crippen LogP contribution in [0.4, 0.5) is 0 Å². The number of halogens is 1. The van der Waals surface area contributed by atoms with Crippen LogP contribution in [-0.4, -0.2) is 17.1 Å². The third kappa shape index (κ3) is 3.72. The average Bonchev–Trinajstić information content (AvgIpc) is 2.33. The topological polar surface area (TPSA) is 63.3 Å². The van der Waals surface area contributed by atoms with E-state index in [9.17, 15) is 4.79 Å². The Kier molecular flexibility index (Phi) is 5.63. The van der Waals surface area contributed by atoms with Crippen molar-refractivity contribution in [3.8, 4) is 0 Å². The van der Waals surface area contributed by atoms with Gasteiger partial charge >= 0.3 is 5.97 Å². The van der Waals surface area contributed by atoms with Gasteiger partial charge in [-0.25, -0.2) is 0 Å². The molecule has 0 aliphatic carbocycles. The molecule has 0 heterocycles. The molecule has 1 unspecified atom stereocenters. The van der Waals surface area contributed by atoms with E-state index < -0.39 is 12.0 Å². The molecule has 0 spiro atoms. The van der Waals surface area contributed by atoms with Gasteiger partial charge in [-0.05, 0) is 42.4 Å². The Hall–Kier alpha value is -1.06. The second-order valence-corrected chi connectivity index (χ2v) is 4.93. The Morgan fingerprint density at radius 2 is 2.00 bits per heavy atom. The van der Waals surface area contributed by atoms with E-state index in [1.807, 2.05) is 18.2 Å². The first-order valence-electron chi connectivity index (χ1n) is 6.26. The molecule has 18 heavy (non-hydrogen) atoms. The van der Waals surface area contributed by atoms with Gasteiger partial charge in [0.15, 0.2) is 0 Å². The van der Waals surface area contributed by atoms with E-state index in [1.165, 1.54) is 0 Å². The lowest BCUT2D eigenvalue weighted by Gasteiger charge is -2.16. The normalized spacial score (nSPS) is 12.7. The summed E-state index contributed by atoms with van der Waals surface area (Å²) in [5.41, 5.74) is 7.51. The van der Waals surface area contributed by atoms with Crippen LogP contribution in [0.3, 0.4) is 0 Å². The zero-order chi connectivity index (χ0) is 13.7. The summed E-state index contributed by atoms with van der Waals surface area (Å²) in [6.45, 7) is 4.28. The van der Waals surface area contributed by atoms with E-state index in [0.29, 0.717) is 17.4 Å². The zero-order valence-electron chi connectivity index (χ0n) is 10.8. The summed E-state index contributed by atoms with van der Waals surface area (Å²) in [6, 6.07) is 4.87. The molecule has 0 aromatic heterocycles. The summed E-state index contributed by atoms with van der Waals surface area (Å²) < 4.78 is 0. The Morgan fingerprint density at radius 3 is 2.44 bits per heavy atom. The smallest absolute Gasteiger partial charge is 0.320 e. The number of benzene rings is 1. The van der Waals surface area contributed by atoms with Crippen molar-refractivity contribution in [2.24, 2.45) is 5.73 Å². The van der Waals surface area contributed by atoms with Crippen molar-refractivity contribution in [2.75, 3.05) is 0 Å². The number of aliphatic carboxylic acids is 1. The molecule has 0 aliphatic rings. The summed E-state index contributed by atoms with van der Waals surface area (Å²) in [5, 5.41) is 9.48. The molecule has 1 rings (SSSR count). The van der Waals surface area contributed by atoms with Crippen LogP contribution >= 0.6 is 11.6 Å². The third-order valence-electron chi connectivity index (χ3n) is 3.26. The van der Waals surface area contributed by atoms with Gasteiger partial charge in [-0.2, -0.15) is 0 Å². The Morgan fingerprint density at radius 1 is 1.39 bits per heavy atom. The predicted octanol–water partition coefficient (Wildman–Crippen LogP) is 3.20. The Bertz CT molecular complexity index is 416. The molecule has 0 saturated heterocycles. The van der Waals surface area contributed by atoms with Crippen molar-refractivity contribution in [3.63, 3.8) is 0 Å². The van der Waals surface area contributed by atoms with E-state index in [1.54, 1.807) is 0 Å². The number of hydrogen-bond donors (Lipinski definition) is 2. The number of carbonyl (C=O) groups is 1. The number of rotatable bonds is 6. The fourth-order valence-corrected chi connectivity index (χ4v) is 2.46. The van der Waals surface area contributed by atoms with Crippen LogP contribution in [0.1, 0.15) is 43.7 Å². The zero-order valence-corrected chi connectivity index (χ0v) is 11.6. The molecule has 1 aromatic carbocycles. The molecule has 4 heteroatoms. The van der Waals surface area contributed by atoms with Crippen molar-refractivity contribution in [1.29, 1.82) is 0 Å². The van der Waals surface area contributed by atoms with Gasteiger partial charge in [-0.1, -0.05) is 37.6 Å². The van der Waals surface area contributed by atoms with Crippen LogP contribution in [0, 0.1) is 0 Å². The molecular formula is C14H20ClNO2. The maximum Gasteiger partial charge on any atom is 0.320 e. The van der Waals surface area contributed by atoms with E-state index in [4.69, 9.17) is 22.4 Å². The molecule has 0 radical (unpaired) electrons. The molecule has 0 fully saturated rings. The maximum absolute atomic E-state index is 10.7. The van der Waals surface area contributed by atoms with Crippen molar-refractivity contribution >= 4 is 17.6 Å². The van der Waals surface area contributed by atoms with Crippen LogP contribution in [0.2, 0.25) is 5.02 Å². The van der Waals surface area contributed by atoms with Crippen LogP contribution in [-0.2, 0) is 11.2 Å². The van der Waals surface area contributed by atoms with Crippen LogP contribution in [0.15, 0.2) is 18.2 Å². The highest BCUT2D eigenvalue weighted by Gasteiger charge is 2.15. The summed E-state index contributed by atoms with van der Waals surface area (Å²) in [5.74, 6) is -0.533. The largest absolute Gasteiger partial charge is 0.480 e. The van der Waals surface area contributed by atoms with Crippen molar-refractivity contribution in [3.05, 3.63) is 34.3 Å². The van der Waals surface area contributed by atoms with Gasteiger partial charge in [-0.3, -0.25) is 4.79 Å². The van der Waals surface area contributed by atoms with Crippen molar-refractivity contribution in [1.82, 2.24) is 0 Å². The number of nitrogens with two attached hydrogens (primary N) is 1. The molecule has 3 nitrogen and oxygen atoms in total. The number of carboxylic acids is 1. The highest BCUT2D eigenvalue weighted by molar-refractivity contribution is 6.31. The van der Waals surface area contributed by atoms with Gasteiger partial charge in [0.25, 0.3) is 0 Å². The molecule has 0 amide bonds. The van der Waals surface area contributed by atoms with E-state index in [2.05, 4.69) is 13.8 Å². The minimum atomic E-state index is -0.991. The van der Waals surface area contributed by atoms with E-state index in [-0.39, 0.29) is 0 Å². The third-order valence-corrected chi connectivity index (χ3v) is 3.59. The lowest BCUT2D eigenvalue weighted by atomic mass is 9.92. The van der Waals surface area contributed by atoms with Gasteiger partial charge in [0, 0.05) is 5.02 Å². The first kappa shape index (κ1) is 15.0. The van der Waals surface area contributed by atoms with Gasteiger partial charge < -0.3 is 10.8 Å². The summed E-state index contributed by atoms with van der Waals surface area (Å²) in [4.78, 5) is 10.7. The van der Waals surface area contributed by atoms with Gasteiger partial charge in [0.1, 0.15) is 6.04 Å². The van der Waals surface area contributed by atoms with Gasteiger partial charge in [-0.15, -0.1) is 0 Å². The molecule has 0 bridgehead atoms. The van der Waals surface area contributed by atoms with E-state index in [0.717, 1.165) is 24.0 Å². The van der Waals surface area contributed by atoms with Gasteiger partial charge in [0.2, 0.25) is 0 Å². The van der Waals surface area contributed by atoms with Gasteiger partial charge in [0.05, 0.1) is 0 Å². The molecule has 0 saturated carbocycles. The standard InChI is InChI=1S/C14H20ClNO2/c1-3-10(4-2)11-6-5-9(7-12(11)15)8-13(16)14(17)18/h5-7,10,13H,3-4,8,16H2,1-2H3,(H,17,18). The van der Waals surface area contributed by atoms with Crippen molar-refractivity contribution < 1.29 is 9.90 Å². The summed E-state index contributed by atoms with van der Waals surface area (Å²) in [6.07, 6.45) is 2.40. The van der Waals surface area contributed by atoms with Crippen LogP contribution in [0.25, 0.3) is 0 Å². The van der Waals surface area contributed by atoms with Crippen LogP contribution < -0.4 is 5.73 Å². The maximum atomic E-state index is 10.7. The molecule has 100 valence electrons. The Balaban J connectivity index is 2.88. The van der Waals surface area contributed by atoms with Crippen LogP contribution in [0.5, 0.6) is 0 Å². The predicted molar refractivity (Wildman–Crippen MR) is 74.1 cm³/mol. The molecule has 1 atom stereocenters. The van der Waals surface area contributed by atoms with Crippen molar-refractivity contribution in [2.45, 2.75) is 45.1 Å². The molecule has 0 aliphatic heterocycles. The minimum absolute atomic E-state index is 0.304. The summed E-state index contributed by atoms with van der Waals surface area (Å²) in [7, 11) is 0. The molecule has 1 aromatic rings. The van der Waals surface area contributed by atoms with E-state index >= 15 is 0 Å². The molecule has 3 N–H and O–H groups in total. The Labute approximate surface area is 113 Å². The summed E-state index contributed by atoms with van der Waals surface area (Å²) >= 11 is 6.26. The second kappa shape index (κ2) is 6.76. The molecular weight excluding hydrogens is 250 g/mol. The highest BCUT2D eigenvalue weighted by atomic mass is 35.5. The quantitative estimate of drug-likeness (QED) is 0.834. The fraction of sp³-hybridized carbons (Fsp3) is 0.500. The minimum Gasteiger partial charge on any atom is -0.480 e. The monoisotopic (exact) mass is 269 g/mol.